The van der Waals surface area contributed by atoms with Crippen molar-refractivity contribution in [3.05, 3.63) is 107 Å². The molecule has 0 aromatic carbocycles. The molecule has 0 aliphatic rings. The molecule has 0 atom stereocenters. The van der Waals surface area contributed by atoms with Crippen molar-refractivity contribution in [3.63, 3.8) is 0 Å². The lowest BCUT2D eigenvalue weighted by molar-refractivity contribution is -0.138. The van der Waals surface area contributed by atoms with Crippen LogP contribution in [0.1, 0.15) is 41.5 Å². The molecule has 0 aliphatic carbocycles. The lowest BCUT2D eigenvalue weighted by Crippen LogP contribution is -1.98. The van der Waals surface area contributed by atoms with E-state index in [4.69, 9.17) is 9.47 Å². The normalized spacial score (nSPS) is 14.6. The van der Waals surface area contributed by atoms with E-state index in [1.807, 2.05) is 88.5 Å². The summed E-state index contributed by atoms with van der Waals surface area (Å²) in [5.41, 5.74) is 4.13. The van der Waals surface area contributed by atoms with Crippen LogP contribution < -0.4 is 0 Å². The van der Waals surface area contributed by atoms with Gasteiger partial charge in [0.1, 0.15) is 0 Å². The molecule has 0 saturated carbocycles. The van der Waals surface area contributed by atoms with Crippen molar-refractivity contribution in [1.29, 1.82) is 0 Å². The first kappa shape index (κ1) is 28.6. The summed E-state index contributed by atoms with van der Waals surface area (Å²) in [7, 11) is 0. The van der Waals surface area contributed by atoms with Crippen molar-refractivity contribution < 1.29 is 19.1 Å². The highest BCUT2D eigenvalue weighted by atomic mass is 16.5. The maximum atomic E-state index is 11.3. The Bertz CT molecular complexity index is 797. The van der Waals surface area contributed by atoms with Crippen molar-refractivity contribution in [2.75, 3.05) is 13.2 Å². The van der Waals surface area contributed by atoms with Crippen molar-refractivity contribution in [1.82, 2.24) is 0 Å². The molecule has 0 radical (unpaired) electrons. The predicted octanol–water partition coefficient (Wildman–Crippen LogP) is 6.68. The van der Waals surface area contributed by atoms with Crippen LogP contribution in [0, 0.1) is 0 Å². The van der Waals surface area contributed by atoms with Gasteiger partial charge in [0, 0.05) is 12.2 Å². The summed E-state index contributed by atoms with van der Waals surface area (Å²) in [5.74, 6) is -0.665. The Morgan fingerprint density at radius 1 is 0.500 bits per heavy atom. The standard InChI is InChI=1S/C28H36O4/c1-7-31-27(29)21-19-25(5)17-11-15-23(3)13-9-10-14-24(4)16-12-18-26(6)20-22-28(30)32-8-2/h9-22H,7-8H2,1-6H3. The van der Waals surface area contributed by atoms with Gasteiger partial charge in [0.2, 0.25) is 0 Å². The summed E-state index contributed by atoms with van der Waals surface area (Å²) in [5, 5.41) is 0. The van der Waals surface area contributed by atoms with Crippen molar-refractivity contribution in [3.8, 4) is 0 Å². The summed E-state index contributed by atoms with van der Waals surface area (Å²) in [6.07, 6.45) is 26.1. The molecule has 0 bridgehead atoms. The summed E-state index contributed by atoms with van der Waals surface area (Å²) in [6.45, 7) is 12.2. The summed E-state index contributed by atoms with van der Waals surface area (Å²) in [4.78, 5) is 22.6. The Hall–Kier alpha value is -3.40. The molecule has 4 nitrogen and oxygen atoms in total. The number of allylic oxidation sites excluding steroid dienone is 16. The van der Waals surface area contributed by atoms with Crippen molar-refractivity contribution >= 4 is 11.9 Å². The molecule has 0 unspecified atom stereocenters. The predicted molar refractivity (Wildman–Crippen MR) is 134 cm³/mol. The molecular formula is C28H36O4. The van der Waals surface area contributed by atoms with Gasteiger partial charge in [-0.1, -0.05) is 95.2 Å². The highest BCUT2D eigenvalue weighted by molar-refractivity contribution is 5.82. The lowest BCUT2D eigenvalue weighted by atomic mass is 10.2. The van der Waals surface area contributed by atoms with Crippen LogP contribution in [0.3, 0.4) is 0 Å². The largest absolute Gasteiger partial charge is 0.463 e. The van der Waals surface area contributed by atoms with Crippen LogP contribution in [0.25, 0.3) is 0 Å². The zero-order chi connectivity index (χ0) is 24.2. The second-order valence-electron chi connectivity index (χ2n) is 6.92. The minimum absolute atomic E-state index is 0.333. The lowest BCUT2D eigenvalue weighted by Gasteiger charge is -1.94. The van der Waals surface area contributed by atoms with E-state index in [0.717, 1.165) is 22.3 Å². The summed E-state index contributed by atoms with van der Waals surface area (Å²) in [6, 6.07) is 0. The third kappa shape index (κ3) is 17.5. The molecule has 32 heavy (non-hydrogen) atoms. The van der Waals surface area contributed by atoms with Crippen LogP contribution >= 0.6 is 0 Å². The van der Waals surface area contributed by atoms with Gasteiger partial charge >= 0.3 is 11.9 Å². The van der Waals surface area contributed by atoms with Crippen LogP contribution in [-0.4, -0.2) is 25.2 Å². The van der Waals surface area contributed by atoms with E-state index in [2.05, 4.69) is 0 Å². The fourth-order valence-electron chi connectivity index (χ4n) is 2.12. The Kier molecular flexibility index (Phi) is 16.4. The highest BCUT2D eigenvalue weighted by Gasteiger charge is 1.93. The second kappa shape index (κ2) is 18.4. The topological polar surface area (TPSA) is 52.6 Å². The molecule has 0 aromatic rings. The monoisotopic (exact) mass is 436 g/mol. The number of ether oxygens (including phenoxy) is 2. The van der Waals surface area contributed by atoms with Crippen molar-refractivity contribution in [2.24, 2.45) is 0 Å². The Morgan fingerprint density at radius 2 is 0.812 bits per heavy atom. The van der Waals surface area contributed by atoms with Crippen molar-refractivity contribution in [2.45, 2.75) is 41.5 Å². The number of hydrogen-bond donors (Lipinski definition) is 0. The molecule has 4 heteroatoms. The molecule has 0 spiro atoms. The maximum absolute atomic E-state index is 11.3. The molecule has 0 saturated heterocycles. The van der Waals surface area contributed by atoms with Gasteiger partial charge in [-0.3, -0.25) is 0 Å². The van der Waals surface area contributed by atoms with E-state index in [1.54, 1.807) is 26.0 Å². The van der Waals surface area contributed by atoms with Gasteiger partial charge in [-0.05, 0) is 41.5 Å². The number of carbonyl (C=O) groups is 2. The van der Waals surface area contributed by atoms with E-state index in [9.17, 15) is 9.59 Å². The number of esters is 2. The van der Waals surface area contributed by atoms with Gasteiger partial charge in [-0.2, -0.15) is 0 Å². The molecule has 172 valence electrons. The molecule has 0 heterocycles. The minimum Gasteiger partial charge on any atom is -0.463 e. The fraction of sp³-hybridized carbons (Fsp3) is 0.286. The number of rotatable bonds is 12. The zero-order valence-electron chi connectivity index (χ0n) is 20.1. The smallest absolute Gasteiger partial charge is 0.330 e. The Morgan fingerprint density at radius 3 is 1.16 bits per heavy atom. The van der Waals surface area contributed by atoms with Crippen LogP contribution in [0.2, 0.25) is 0 Å². The first-order valence-corrected chi connectivity index (χ1v) is 10.7. The van der Waals surface area contributed by atoms with E-state index in [0.29, 0.717) is 13.2 Å². The van der Waals surface area contributed by atoms with Gasteiger partial charge in [-0.15, -0.1) is 0 Å². The molecule has 0 fully saturated rings. The average Bonchev–Trinajstić information content (AvgIpc) is 2.74. The molecule has 0 aromatic heterocycles. The van der Waals surface area contributed by atoms with E-state index < -0.39 is 0 Å². The van der Waals surface area contributed by atoms with Gasteiger partial charge in [0.25, 0.3) is 0 Å². The molecule has 0 amide bonds. The number of hydrogen-bond acceptors (Lipinski definition) is 4. The average molecular weight is 437 g/mol. The first-order chi connectivity index (χ1) is 15.3. The van der Waals surface area contributed by atoms with Crippen LogP contribution in [0.5, 0.6) is 0 Å². The molecule has 0 N–H and O–H groups in total. The minimum atomic E-state index is -0.333. The van der Waals surface area contributed by atoms with Crippen LogP contribution in [0.4, 0.5) is 0 Å². The van der Waals surface area contributed by atoms with Crippen LogP contribution in [0.15, 0.2) is 107 Å². The van der Waals surface area contributed by atoms with Crippen LogP contribution in [-0.2, 0) is 19.1 Å². The first-order valence-electron chi connectivity index (χ1n) is 10.7. The van der Waals surface area contributed by atoms with Gasteiger partial charge in [0.15, 0.2) is 0 Å². The fourth-order valence-corrected chi connectivity index (χ4v) is 2.12. The third-order valence-electron chi connectivity index (χ3n) is 3.80. The zero-order valence-corrected chi connectivity index (χ0v) is 20.1. The molecule has 0 aliphatic heterocycles. The Balaban J connectivity index is 4.66. The van der Waals surface area contributed by atoms with Gasteiger partial charge < -0.3 is 9.47 Å². The SMILES string of the molecule is CCOC(=O)C=CC(C)=CC=CC(C)=CC=CC=C(C)C=CC=C(C)C=CC(=O)OCC. The third-order valence-corrected chi connectivity index (χ3v) is 3.80. The molecule has 0 rings (SSSR count). The van der Waals surface area contributed by atoms with E-state index >= 15 is 0 Å². The highest BCUT2D eigenvalue weighted by Crippen LogP contribution is 2.02. The second-order valence-corrected chi connectivity index (χ2v) is 6.92. The van der Waals surface area contributed by atoms with Gasteiger partial charge in [-0.25, -0.2) is 9.59 Å². The van der Waals surface area contributed by atoms with E-state index in [1.165, 1.54) is 12.2 Å². The molecular weight excluding hydrogens is 400 g/mol. The Labute approximate surface area is 193 Å². The summed E-state index contributed by atoms with van der Waals surface area (Å²) >= 11 is 0. The van der Waals surface area contributed by atoms with E-state index in [-0.39, 0.29) is 11.9 Å². The quantitative estimate of drug-likeness (QED) is 0.194. The van der Waals surface area contributed by atoms with Gasteiger partial charge in [0.05, 0.1) is 13.2 Å². The number of carbonyl (C=O) groups excluding carboxylic acids is 2. The summed E-state index contributed by atoms with van der Waals surface area (Å²) < 4.78 is 9.69. The maximum Gasteiger partial charge on any atom is 0.330 e.